The number of nitrogens with zero attached hydrogens (tertiary/aromatic N) is 3. The Labute approximate surface area is 192 Å². The largest absolute Gasteiger partial charge is 0.477 e. The Bertz CT molecular complexity index is 1400. The summed E-state index contributed by atoms with van der Waals surface area (Å²) < 4.78 is 12.5. The van der Waals surface area contributed by atoms with Crippen LogP contribution in [0.4, 0.5) is 5.69 Å². The lowest BCUT2D eigenvalue weighted by Gasteiger charge is -2.05. The predicted molar refractivity (Wildman–Crippen MR) is 121 cm³/mol. The molecule has 0 saturated heterocycles. The van der Waals surface area contributed by atoms with Gasteiger partial charge in [0.2, 0.25) is 5.76 Å². The number of nitro benzene ring substituents is 1. The van der Waals surface area contributed by atoms with Crippen LogP contribution in [-0.2, 0) is 11.3 Å². The molecule has 11 nitrogen and oxygen atoms in total. The molecule has 4 rings (SSSR count). The third-order valence-electron chi connectivity index (χ3n) is 4.83. The van der Waals surface area contributed by atoms with Gasteiger partial charge >= 0.3 is 11.7 Å². The molecule has 0 spiro atoms. The molecule has 4 aromatic rings. The number of carbonyl (C=O) groups is 2. The van der Waals surface area contributed by atoms with Crippen molar-refractivity contribution in [1.82, 2.24) is 9.99 Å². The Kier molecular flexibility index (Phi) is 6.35. The van der Waals surface area contributed by atoms with Gasteiger partial charge in [0.1, 0.15) is 5.76 Å². The van der Waals surface area contributed by atoms with Gasteiger partial charge < -0.3 is 18.8 Å². The number of carboxylic acids is 1. The van der Waals surface area contributed by atoms with E-state index in [0.717, 1.165) is 10.9 Å². The van der Waals surface area contributed by atoms with Crippen LogP contribution in [0.3, 0.4) is 0 Å². The van der Waals surface area contributed by atoms with Crippen molar-refractivity contribution in [3.63, 3.8) is 0 Å². The van der Waals surface area contributed by atoms with Crippen LogP contribution in [0.1, 0.15) is 21.9 Å². The zero-order valence-corrected chi connectivity index (χ0v) is 17.6. The standard InChI is InChI=1S/C23H18N4O7/c28-22(14-33-20-8-4-3-7-19(20)27(31)32)25-24-11-15-12-26(18-6-2-1-5-17(15)18)13-16-9-10-21(34-16)23(29)30/h1-12H,13-14H2,(H,25,28)(H,29,30)/b24-11+. The number of hydrogen-bond acceptors (Lipinski definition) is 7. The first-order chi connectivity index (χ1) is 16.4. The van der Waals surface area contributed by atoms with Crippen LogP contribution in [0.25, 0.3) is 10.9 Å². The number of hydrogen-bond donors (Lipinski definition) is 2. The molecule has 2 aromatic carbocycles. The number of hydrazone groups is 1. The summed E-state index contributed by atoms with van der Waals surface area (Å²) in [4.78, 5) is 33.5. The second-order valence-electron chi connectivity index (χ2n) is 7.11. The van der Waals surface area contributed by atoms with E-state index in [-0.39, 0.29) is 17.2 Å². The van der Waals surface area contributed by atoms with Crippen molar-refractivity contribution in [2.24, 2.45) is 5.10 Å². The lowest BCUT2D eigenvalue weighted by Crippen LogP contribution is -2.24. The van der Waals surface area contributed by atoms with Crippen molar-refractivity contribution in [3.8, 4) is 5.75 Å². The first-order valence-corrected chi connectivity index (χ1v) is 10.0. The molecular weight excluding hydrogens is 444 g/mol. The number of rotatable bonds is 9. The first kappa shape index (κ1) is 22.3. The zero-order valence-electron chi connectivity index (χ0n) is 17.6. The summed E-state index contributed by atoms with van der Waals surface area (Å²) in [6, 6.07) is 16.3. The number of nitro groups is 1. The number of furan rings is 1. The molecule has 2 aromatic heterocycles. The highest BCUT2D eigenvalue weighted by Gasteiger charge is 2.15. The van der Waals surface area contributed by atoms with Crippen molar-refractivity contribution in [2.45, 2.75) is 6.54 Å². The lowest BCUT2D eigenvalue weighted by atomic mass is 10.2. The van der Waals surface area contributed by atoms with Gasteiger partial charge in [-0.15, -0.1) is 0 Å². The smallest absolute Gasteiger partial charge is 0.371 e. The fraction of sp³-hybridized carbons (Fsp3) is 0.0870. The number of amides is 1. The third kappa shape index (κ3) is 4.93. The van der Waals surface area contributed by atoms with Gasteiger partial charge in [-0.2, -0.15) is 5.10 Å². The van der Waals surface area contributed by atoms with Gasteiger partial charge in [-0.1, -0.05) is 30.3 Å². The normalized spacial score (nSPS) is 11.1. The van der Waals surface area contributed by atoms with E-state index in [2.05, 4.69) is 10.5 Å². The molecule has 2 N–H and O–H groups in total. The molecule has 0 atom stereocenters. The van der Waals surface area contributed by atoms with E-state index in [0.29, 0.717) is 17.9 Å². The molecule has 11 heteroatoms. The van der Waals surface area contributed by atoms with Crippen molar-refractivity contribution < 1.29 is 28.8 Å². The minimum absolute atomic E-state index is 0.0151. The summed E-state index contributed by atoms with van der Waals surface area (Å²) in [6.45, 7) is -0.147. The summed E-state index contributed by atoms with van der Waals surface area (Å²) in [5.41, 5.74) is 3.67. The van der Waals surface area contributed by atoms with Crippen LogP contribution in [-0.4, -0.2) is 39.3 Å². The van der Waals surface area contributed by atoms with E-state index in [1.165, 1.54) is 30.5 Å². The molecular formula is C23H18N4O7. The summed E-state index contributed by atoms with van der Waals surface area (Å²) in [5, 5.41) is 24.9. The molecule has 0 fully saturated rings. The fourth-order valence-electron chi connectivity index (χ4n) is 3.33. The molecule has 0 saturated carbocycles. The number of aromatic nitrogens is 1. The first-order valence-electron chi connectivity index (χ1n) is 10.0. The van der Waals surface area contributed by atoms with Gasteiger partial charge in [-0.25, -0.2) is 10.2 Å². The number of fused-ring (bicyclic) bond motifs is 1. The maximum Gasteiger partial charge on any atom is 0.371 e. The lowest BCUT2D eigenvalue weighted by molar-refractivity contribution is -0.385. The molecule has 172 valence electrons. The van der Waals surface area contributed by atoms with Crippen LogP contribution in [0.15, 0.2) is 76.4 Å². The Balaban J connectivity index is 1.43. The molecule has 1 amide bonds. The molecule has 2 heterocycles. The van der Waals surface area contributed by atoms with Crippen LogP contribution in [0, 0.1) is 10.1 Å². The molecule has 0 aliphatic carbocycles. The van der Waals surface area contributed by atoms with Crippen LogP contribution in [0.2, 0.25) is 0 Å². The van der Waals surface area contributed by atoms with E-state index >= 15 is 0 Å². The quantitative estimate of drug-likeness (QED) is 0.220. The van der Waals surface area contributed by atoms with Crippen LogP contribution >= 0.6 is 0 Å². The number of carboxylic acid groups (broad SMARTS) is 1. The van der Waals surface area contributed by atoms with E-state index in [4.69, 9.17) is 14.3 Å². The van der Waals surface area contributed by atoms with Gasteiger partial charge in [0.05, 0.1) is 17.7 Å². The highest BCUT2D eigenvalue weighted by molar-refractivity contribution is 5.99. The van der Waals surface area contributed by atoms with E-state index in [1.807, 2.05) is 28.8 Å². The molecule has 0 unspecified atom stereocenters. The topological polar surface area (TPSA) is 149 Å². The average molecular weight is 462 g/mol. The van der Waals surface area contributed by atoms with Gasteiger partial charge in [-0.3, -0.25) is 14.9 Å². The number of nitrogens with one attached hydrogen (secondary N) is 1. The maximum absolute atomic E-state index is 12.1. The third-order valence-corrected chi connectivity index (χ3v) is 4.83. The van der Waals surface area contributed by atoms with Crippen LogP contribution in [0.5, 0.6) is 5.75 Å². The number of para-hydroxylation sites is 3. The minimum Gasteiger partial charge on any atom is -0.477 e. The number of benzene rings is 2. The van der Waals surface area contributed by atoms with E-state index in [9.17, 15) is 19.7 Å². The molecule has 0 aliphatic rings. The Morgan fingerprint density at radius 3 is 2.68 bits per heavy atom. The summed E-state index contributed by atoms with van der Waals surface area (Å²) in [7, 11) is 0. The maximum atomic E-state index is 12.1. The highest BCUT2D eigenvalue weighted by atomic mass is 16.6. The van der Waals surface area contributed by atoms with Gasteiger partial charge in [0, 0.05) is 28.7 Å². The molecule has 0 bridgehead atoms. The number of ether oxygens (including phenoxy) is 1. The Morgan fingerprint density at radius 1 is 1.15 bits per heavy atom. The Morgan fingerprint density at radius 2 is 1.91 bits per heavy atom. The van der Waals surface area contributed by atoms with Crippen molar-refractivity contribution >= 4 is 34.7 Å². The molecule has 0 radical (unpaired) electrons. The summed E-state index contributed by atoms with van der Waals surface area (Å²) >= 11 is 0. The Hall–Kier alpha value is -4.93. The SMILES string of the molecule is O=C(COc1ccccc1[N+](=O)[O-])N/N=C/c1cn(Cc2ccc(C(=O)O)o2)c2ccccc12. The monoisotopic (exact) mass is 462 g/mol. The molecule has 34 heavy (non-hydrogen) atoms. The second-order valence-corrected chi connectivity index (χ2v) is 7.11. The zero-order chi connectivity index (χ0) is 24.1. The van der Waals surface area contributed by atoms with E-state index in [1.54, 1.807) is 18.3 Å². The highest BCUT2D eigenvalue weighted by Crippen LogP contribution is 2.25. The second kappa shape index (κ2) is 9.69. The minimum atomic E-state index is -1.14. The average Bonchev–Trinajstić information content (AvgIpc) is 3.44. The van der Waals surface area contributed by atoms with Crippen molar-refractivity contribution in [3.05, 3.63) is 94.1 Å². The molecule has 0 aliphatic heterocycles. The number of carbonyl (C=O) groups excluding carboxylic acids is 1. The van der Waals surface area contributed by atoms with Crippen LogP contribution < -0.4 is 10.2 Å². The predicted octanol–water partition coefficient (Wildman–Crippen LogP) is 3.42. The summed E-state index contributed by atoms with van der Waals surface area (Å²) in [6.07, 6.45) is 3.26. The van der Waals surface area contributed by atoms with Gasteiger partial charge in [-0.05, 0) is 24.3 Å². The summed E-state index contributed by atoms with van der Waals surface area (Å²) in [5.74, 6) is -1.41. The number of aromatic carboxylic acids is 1. The van der Waals surface area contributed by atoms with Gasteiger partial charge in [0.15, 0.2) is 12.4 Å². The van der Waals surface area contributed by atoms with Crippen molar-refractivity contribution in [2.75, 3.05) is 6.61 Å². The fourth-order valence-corrected chi connectivity index (χ4v) is 3.33. The van der Waals surface area contributed by atoms with Gasteiger partial charge in [0.25, 0.3) is 5.91 Å². The van der Waals surface area contributed by atoms with E-state index < -0.39 is 23.4 Å². The van der Waals surface area contributed by atoms with Crippen molar-refractivity contribution in [1.29, 1.82) is 0 Å².